The summed E-state index contributed by atoms with van der Waals surface area (Å²) in [6.45, 7) is 6.49. The number of anilines is 1. The van der Waals surface area contributed by atoms with E-state index in [-0.39, 0.29) is 6.54 Å². The van der Waals surface area contributed by atoms with Crippen molar-refractivity contribution < 1.29 is 18.7 Å². The van der Waals surface area contributed by atoms with Crippen LogP contribution in [-0.4, -0.2) is 51.5 Å². The molecule has 28 heavy (non-hydrogen) atoms. The molecule has 4 rings (SSSR count). The summed E-state index contributed by atoms with van der Waals surface area (Å²) in [5, 5.41) is 4.45. The van der Waals surface area contributed by atoms with Crippen molar-refractivity contribution in [1.82, 2.24) is 14.7 Å². The second kappa shape index (κ2) is 6.61. The second-order valence-corrected chi connectivity index (χ2v) is 8.15. The van der Waals surface area contributed by atoms with Gasteiger partial charge in [0.25, 0.3) is 5.91 Å². The quantitative estimate of drug-likeness (QED) is 0.792. The Kier molecular flexibility index (Phi) is 4.36. The van der Waals surface area contributed by atoms with Crippen LogP contribution < -0.4 is 4.90 Å². The average molecular weight is 386 g/mol. The summed E-state index contributed by atoms with van der Waals surface area (Å²) >= 11 is 0. The Labute approximate surface area is 162 Å². The van der Waals surface area contributed by atoms with Crippen LogP contribution in [0.1, 0.15) is 43.2 Å². The molecular formula is C20H23FN4O3. The van der Waals surface area contributed by atoms with E-state index < -0.39 is 23.8 Å². The van der Waals surface area contributed by atoms with Crippen LogP contribution in [0.4, 0.5) is 14.9 Å². The number of ether oxygens (including phenoxy) is 1. The first-order valence-corrected chi connectivity index (χ1v) is 9.34. The van der Waals surface area contributed by atoms with Crippen LogP contribution in [0.5, 0.6) is 0 Å². The molecule has 1 atom stereocenters. The molecule has 2 amide bonds. The Morgan fingerprint density at radius 1 is 1.21 bits per heavy atom. The lowest BCUT2D eigenvalue weighted by Crippen LogP contribution is -2.37. The fourth-order valence-corrected chi connectivity index (χ4v) is 3.44. The summed E-state index contributed by atoms with van der Waals surface area (Å²) in [5.74, 6) is -0.404. The van der Waals surface area contributed by atoms with E-state index in [4.69, 9.17) is 4.74 Å². The highest BCUT2D eigenvalue weighted by molar-refractivity contribution is 6.06. The van der Waals surface area contributed by atoms with Crippen molar-refractivity contribution >= 4 is 17.7 Å². The predicted octanol–water partition coefficient (Wildman–Crippen LogP) is 3.31. The third-order valence-electron chi connectivity index (χ3n) is 4.80. The summed E-state index contributed by atoms with van der Waals surface area (Å²) in [7, 11) is 0. The summed E-state index contributed by atoms with van der Waals surface area (Å²) in [6.07, 6.45) is 0.754. The van der Waals surface area contributed by atoms with Gasteiger partial charge in [-0.05, 0) is 51.5 Å². The van der Waals surface area contributed by atoms with E-state index >= 15 is 0 Å². The van der Waals surface area contributed by atoms with Gasteiger partial charge < -0.3 is 9.64 Å². The molecule has 3 heterocycles. The van der Waals surface area contributed by atoms with Gasteiger partial charge in [-0.1, -0.05) is 0 Å². The summed E-state index contributed by atoms with van der Waals surface area (Å²) < 4.78 is 20.3. The van der Waals surface area contributed by atoms with Gasteiger partial charge in [-0.25, -0.2) is 18.8 Å². The van der Waals surface area contributed by atoms with Crippen LogP contribution >= 0.6 is 0 Å². The van der Waals surface area contributed by atoms with Crippen molar-refractivity contribution in [2.75, 3.05) is 18.0 Å². The lowest BCUT2D eigenvalue weighted by Gasteiger charge is -2.23. The number of imide groups is 1. The molecule has 1 fully saturated rings. The lowest BCUT2D eigenvalue weighted by atomic mass is 10.2. The van der Waals surface area contributed by atoms with E-state index in [1.807, 2.05) is 29.2 Å². The highest BCUT2D eigenvalue weighted by Crippen LogP contribution is 2.27. The molecule has 0 unspecified atom stereocenters. The molecule has 7 nitrogen and oxygen atoms in total. The smallest absolute Gasteiger partial charge is 0.417 e. The monoisotopic (exact) mass is 386 g/mol. The van der Waals surface area contributed by atoms with E-state index in [9.17, 15) is 14.0 Å². The number of benzene rings is 1. The normalized spacial score (nSPS) is 19.3. The SMILES string of the molecule is CC(C)(C)OC(=O)N1Cc2nn(-c3ccc(N4CC[C@@H](F)C4)cc3)cc2C1=O. The number of nitrogens with zero attached hydrogens (tertiary/aromatic N) is 4. The number of halogens is 1. The minimum absolute atomic E-state index is 0.0971. The first-order chi connectivity index (χ1) is 13.2. The van der Waals surface area contributed by atoms with Gasteiger partial charge in [-0.2, -0.15) is 5.10 Å². The van der Waals surface area contributed by atoms with Gasteiger partial charge in [0.2, 0.25) is 0 Å². The second-order valence-electron chi connectivity index (χ2n) is 8.15. The van der Waals surface area contributed by atoms with Crippen LogP contribution in [0.2, 0.25) is 0 Å². The zero-order valence-corrected chi connectivity index (χ0v) is 16.2. The molecule has 0 saturated carbocycles. The molecule has 1 aromatic heterocycles. The number of carbonyl (C=O) groups is 2. The molecule has 0 bridgehead atoms. The van der Waals surface area contributed by atoms with Gasteiger partial charge in [0.05, 0.1) is 23.5 Å². The number of fused-ring (bicyclic) bond motifs is 1. The van der Waals surface area contributed by atoms with Crippen LogP contribution in [0.25, 0.3) is 5.69 Å². The molecule has 2 aromatic rings. The van der Waals surface area contributed by atoms with Crippen molar-refractivity contribution in [2.24, 2.45) is 0 Å². The number of alkyl halides is 1. The number of amides is 2. The van der Waals surface area contributed by atoms with Gasteiger partial charge in [-0.15, -0.1) is 0 Å². The van der Waals surface area contributed by atoms with E-state index in [0.29, 0.717) is 30.8 Å². The number of rotatable bonds is 2. The highest BCUT2D eigenvalue weighted by Gasteiger charge is 2.37. The van der Waals surface area contributed by atoms with Crippen LogP contribution in [0, 0.1) is 0 Å². The predicted molar refractivity (Wildman–Crippen MR) is 101 cm³/mol. The third-order valence-corrected chi connectivity index (χ3v) is 4.80. The number of carbonyl (C=O) groups excluding carboxylic acids is 2. The van der Waals surface area contributed by atoms with Crippen LogP contribution in [-0.2, 0) is 11.3 Å². The fraction of sp³-hybridized carbons (Fsp3) is 0.450. The molecule has 148 valence electrons. The fourth-order valence-electron chi connectivity index (χ4n) is 3.44. The molecule has 2 aliphatic rings. The largest absolute Gasteiger partial charge is 0.443 e. The maximum absolute atomic E-state index is 13.4. The Hall–Kier alpha value is -2.90. The van der Waals surface area contributed by atoms with Crippen molar-refractivity contribution in [1.29, 1.82) is 0 Å². The number of hydrogen-bond donors (Lipinski definition) is 0. The lowest BCUT2D eigenvalue weighted by molar-refractivity contribution is 0.0246. The van der Waals surface area contributed by atoms with Gasteiger partial charge in [0.1, 0.15) is 11.8 Å². The summed E-state index contributed by atoms with van der Waals surface area (Å²) in [6, 6.07) is 7.63. The van der Waals surface area contributed by atoms with E-state index in [1.165, 1.54) is 0 Å². The molecule has 1 aromatic carbocycles. The van der Waals surface area contributed by atoms with E-state index in [2.05, 4.69) is 5.10 Å². The zero-order chi connectivity index (χ0) is 20.1. The Morgan fingerprint density at radius 3 is 2.46 bits per heavy atom. The number of aromatic nitrogens is 2. The van der Waals surface area contributed by atoms with Crippen molar-refractivity contribution in [3.8, 4) is 5.69 Å². The van der Waals surface area contributed by atoms with Crippen molar-refractivity contribution in [3.05, 3.63) is 41.7 Å². The minimum atomic E-state index is -0.771. The van der Waals surface area contributed by atoms with Crippen molar-refractivity contribution in [3.63, 3.8) is 0 Å². The summed E-state index contributed by atoms with van der Waals surface area (Å²) in [4.78, 5) is 27.8. The van der Waals surface area contributed by atoms with Gasteiger partial charge in [0.15, 0.2) is 0 Å². The van der Waals surface area contributed by atoms with Gasteiger partial charge in [-0.3, -0.25) is 4.79 Å². The third kappa shape index (κ3) is 3.46. The van der Waals surface area contributed by atoms with Gasteiger partial charge >= 0.3 is 6.09 Å². The molecule has 0 radical (unpaired) electrons. The summed E-state index contributed by atoms with van der Waals surface area (Å²) in [5.41, 5.74) is 2.03. The first-order valence-electron chi connectivity index (χ1n) is 9.34. The standard InChI is InChI=1S/C20H23FN4O3/c1-20(2,3)28-19(27)24-12-17-16(18(24)26)11-25(22-17)15-6-4-14(5-7-15)23-9-8-13(21)10-23/h4-7,11,13H,8-10,12H2,1-3H3/t13-/m1/s1. The molecular weight excluding hydrogens is 363 g/mol. The maximum Gasteiger partial charge on any atom is 0.417 e. The Balaban J connectivity index is 1.49. The molecule has 2 aliphatic heterocycles. The average Bonchev–Trinajstić information content (AvgIpc) is 3.30. The van der Waals surface area contributed by atoms with E-state index in [1.54, 1.807) is 31.6 Å². The zero-order valence-electron chi connectivity index (χ0n) is 16.2. The van der Waals surface area contributed by atoms with Crippen molar-refractivity contribution in [2.45, 2.75) is 45.5 Å². The maximum atomic E-state index is 13.4. The van der Waals surface area contributed by atoms with Crippen LogP contribution in [0.3, 0.4) is 0 Å². The van der Waals surface area contributed by atoms with Crippen LogP contribution in [0.15, 0.2) is 30.5 Å². The highest BCUT2D eigenvalue weighted by atomic mass is 19.1. The Bertz CT molecular complexity index is 917. The minimum Gasteiger partial charge on any atom is -0.443 e. The molecule has 0 aliphatic carbocycles. The molecule has 8 heteroatoms. The molecule has 1 saturated heterocycles. The molecule has 0 spiro atoms. The first kappa shape index (κ1) is 18.5. The Morgan fingerprint density at radius 2 is 1.89 bits per heavy atom. The molecule has 0 N–H and O–H groups in total. The topological polar surface area (TPSA) is 67.7 Å². The van der Waals surface area contributed by atoms with E-state index in [0.717, 1.165) is 16.3 Å². The van der Waals surface area contributed by atoms with Gasteiger partial charge in [0, 0.05) is 25.0 Å². The number of hydrogen-bond acceptors (Lipinski definition) is 5.